The summed E-state index contributed by atoms with van der Waals surface area (Å²) in [4.78, 5) is 29.4. The minimum Gasteiger partial charge on any atom is -0.477 e. The standard InChI is InChI=1S/C15H21N3O5/c1-7(20)12-10-5-8(13(15(22)23)18(10)14(12)21)4-9-6-16-11(17-9)2-3-19/h7,9-10,12,19-20H,2-6H2,1H3,(H,16,17)(H,22,23)/t7-,9-,10-,12-/m1/s1. The molecule has 1 fully saturated rings. The normalized spacial score (nSPS) is 30.7. The third-order valence-electron chi connectivity index (χ3n) is 4.73. The second-order valence-corrected chi connectivity index (χ2v) is 6.29. The van der Waals surface area contributed by atoms with Gasteiger partial charge in [-0.15, -0.1) is 0 Å². The molecule has 0 unspecified atom stereocenters. The number of amides is 1. The number of β-lactam (4-membered cyclic amide) rings is 1. The number of aliphatic hydroxyl groups excluding tert-OH is 2. The van der Waals surface area contributed by atoms with Crippen LogP contribution in [0, 0.1) is 5.92 Å². The predicted octanol–water partition coefficient (Wildman–Crippen LogP) is -0.921. The predicted molar refractivity (Wildman–Crippen MR) is 80.6 cm³/mol. The van der Waals surface area contributed by atoms with E-state index in [1.54, 1.807) is 6.92 Å². The number of fused-ring (bicyclic) bond motifs is 1. The van der Waals surface area contributed by atoms with Crippen molar-refractivity contribution in [1.29, 1.82) is 0 Å². The van der Waals surface area contributed by atoms with Crippen molar-refractivity contribution in [2.24, 2.45) is 10.9 Å². The number of hydrogen-bond acceptors (Lipinski definition) is 6. The first-order valence-electron chi connectivity index (χ1n) is 7.82. The molecule has 3 aliphatic heterocycles. The zero-order chi connectivity index (χ0) is 16.7. The van der Waals surface area contributed by atoms with Gasteiger partial charge in [0.15, 0.2) is 0 Å². The molecule has 8 nitrogen and oxygen atoms in total. The zero-order valence-corrected chi connectivity index (χ0v) is 12.9. The molecule has 4 N–H and O–H groups in total. The van der Waals surface area contributed by atoms with Crippen LogP contribution < -0.4 is 5.32 Å². The summed E-state index contributed by atoms with van der Waals surface area (Å²) in [5.74, 6) is -1.21. The molecule has 0 bridgehead atoms. The fourth-order valence-electron chi connectivity index (χ4n) is 3.75. The van der Waals surface area contributed by atoms with E-state index in [0.29, 0.717) is 31.4 Å². The Bertz CT molecular complexity index is 598. The van der Waals surface area contributed by atoms with Crippen molar-refractivity contribution in [2.75, 3.05) is 13.2 Å². The summed E-state index contributed by atoms with van der Waals surface area (Å²) in [6, 6.07) is -0.335. The average molecular weight is 323 g/mol. The Morgan fingerprint density at radius 2 is 2.26 bits per heavy atom. The Kier molecular flexibility index (Phi) is 4.11. The van der Waals surface area contributed by atoms with Gasteiger partial charge in [-0.3, -0.25) is 9.79 Å². The van der Waals surface area contributed by atoms with Crippen molar-refractivity contribution in [3.05, 3.63) is 11.3 Å². The summed E-state index contributed by atoms with van der Waals surface area (Å²) in [6.07, 6.45) is 0.625. The molecule has 0 aromatic heterocycles. The van der Waals surface area contributed by atoms with E-state index in [4.69, 9.17) is 5.11 Å². The lowest BCUT2D eigenvalue weighted by Crippen LogP contribution is -2.61. The first kappa shape index (κ1) is 15.9. The van der Waals surface area contributed by atoms with Crippen LogP contribution in [0.25, 0.3) is 0 Å². The van der Waals surface area contributed by atoms with Gasteiger partial charge in [0.1, 0.15) is 5.70 Å². The quantitative estimate of drug-likeness (QED) is 0.469. The van der Waals surface area contributed by atoms with Gasteiger partial charge in [-0.05, 0) is 25.3 Å². The van der Waals surface area contributed by atoms with Crippen LogP contribution in [0.5, 0.6) is 0 Å². The van der Waals surface area contributed by atoms with E-state index in [-0.39, 0.29) is 30.3 Å². The minimum atomic E-state index is -1.11. The maximum atomic E-state index is 12.1. The summed E-state index contributed by atoms with van der Waals surface area (Å²) in [7, 11) is 0. The maximum Gasteiger partial charge on any atom is 0.352 e. The van der Waals surface area contributed by atoms with Crippen LogP contribution in [0.2, 0.25) is 0 Å². The molecule has 0 aromatic carbocycles. The van der Waals surface area contributed by atoms with Gasteiger partial charge in [0.2, 0.25) is 5.91 Å². The Labute approximate surface area is 133 Å². The van der Waals surface area contributed by atoms with Gasteiger partial charge in [0.25, 0.3) is 0 Å². The third-order valence-corrected chi connectivity index (χ3v) is 4.73. The van der Waals surface area contributed by atoms with Gasteiger partial charge in [0.05, 0.1) is 36.5 Å². The summed E-state index contributed by atoms with van der Waals surface area (Å²) in [5, 5.41) is 31.2. The maximum absolute atomic E-state index is 12.1. The molecule has 0 aromatic rings. The number of carbonyl (C=O) groups is 2. The van der Waals surface area contributed by atoms with Gasteiger partial charge >= 0.3 is 5.97 Å². The van der Waals surface area contributed by atoms with Crippen LogP contribution in [-0.4, -0.2) is 69.3 Å². The Morgan fingerprint density at radius 1 is 1.52 bits per heavy atom. The molecule has 8 heteroatoms. The molecule has 0 aliphatic carbocycles. The van der Waals surface area contributed by atoms with E-state index >= 15 is 0 Å². The van der Waals surface area contributed by atoms with E-state index in [1.807, 2.05) is 0 Å². The SMILES string of the molecule is C[C@@H](O)[C@H]1C(=O)N2C(C(=O)O)=C(C[C@@H]3CNC(CCO)=N3)C[C@H]12. The number of rotatable bonds is 6. The monoisotopic (exact) mass is 323 g/mol. The number of nitrogens with one attached hydrogen (secondary N) is 1. The molecule has 3 aliphatic rings. The molecule has 3 heterocycles. The highest BCUT2D eigenvalue weighted by atomic mass is 16.4. The first-order chi connectivity index (χ1) is 10.9. The molecule has 0 radical (unpaired) electrons. The van der Waals surface area contributed by atoms with Crippen LogP contribution in [0.3, 0.4) is 0 Å². The van der Waals surface area contributed by atoms with Gasteiger partial charge in [-0.25, -0.2) is 4.79 Å². The number of hydrogen-bond donors (Lipinski definition) is 4. The number of amidine groups is 1. The average Bonchev–Trinajstić information content (AvgIpc) is 3.02. The lowest BCUT2D eigenvalue weighted by molar-refractivity contribution is -0.161. The summed E-state index contributed by atoms with van der Waals surface area (Å²) in [5.41, 5.74) is 0.766. The number of carbonyl (C=O) groups excluding carboxylic acids is 1. The van der Waals surface area contributed by atoms with Crippen molar-refractivity contribution in [3.8, 4) is 0 Å². The number of aliphatic imine (C=N–C) groups is 1. The Hall–Kier alpha value is -1.93. The topological polar surface area (TPSA) is 122 Å². The van der Waals surface area contributed by atoms with E-state index in [2.05, 4.69) is 10.3 Å². The molecule has 0 spiro atoms. The Balaban J connectivity index is 1.77. The second kappa shape index (κ2) is 5.93. The van der Waals surface area contributed by atoms with E-state index < -0.39 is 18.0 Å². The molecule has 23 heavy (non-hydrogen) atoms. The summed E-state index contributed by atoms with van der Waals surface area (Å²) in [6.45, 7) is 2.18. The minimum absolute atomic E-state index is 0.0159. The van der Waals surface area contributed by atoms with Crippen LogP contribution in [0.1, 0.15) is 26.2 Å². The van der Waals surface area contributed by atoms with Crippen molar-refractivity contribution >= 4 is 17.7 Å². The first-order valence-corrected chi connectivity index (χ1v) is 7.82. The number of carboxylic acids is 1. The summed E-state index contributed by atoms with van der Waals surface area (Å²) >= 11 is 0. The zero-order valence-electron chi connectivity index (χ0n) is 12.9. The number of nitrogens with zero attached hydrogens (tertiary/aromatic N) is 2. The second-order valence-electron chi connectivity index (χ2n) is 6.29. The van der Waals surface area contributed by atoms with E-state index in [0.717, 1.165) is 5.84 Å². The van der Waals surface area contributed by atoms with E-state index in [1.165, 1.54) is 4.90 Å². The fraction of sp³-hybridized carbons (Fsp3) is 0.667. The van der Waals surface area contributed by atoms with Crippen LogP contribution in [-0.2, 0) is 9.59 Å². The Morgan fingerprint density at radius 3 is 2.87 bits per heavy atom. The molecule has 1 saturated heterocycles. The van der Waals surface area contributed by atoms with Crippen molar-refractivity contribution in [3.63, 3.8) is 0 Å². The van der Waals surface area contributed by atoms with Gasteiger partial charge in [0, 0.05) is 13.0 Å². The molecule has 1 amide bonds. The van der Waals surface area contributed by atoms with Gasteiger partial charge < -0.3 is 25.5 Å². The molecular weight excluding hydrogens is 302 g/mol. The fourth-order valence-corrected chi connectivity index (χ4v) is 3.75. The van der Waals surface area contributed by atoms with Crippen LogP contribution in [0.4, 0.5) is 0 Å². The molecule has 4 atom stereocenters. The van der Waals surface area contributed by atoms with Crippen molar-refractivity contribution < 1.29 is 24.9 Å². The van der Waals surface area contributed by atoms with E-state index in [9.17, 15) is 19.8 Å². The van der Waals surface area contributed by atoms with Gasteiger partial charge in [-0.1, -0.05) is 0 Å². The summed E-state index contributed by atoms with van der Waals surface area (Å²) < 4.78 is 0. The smallest absolute Gasteiger partial charge is 0.352 e. The molecule has 3 rings (SSSR count). The largest absolute Gasteiger partial charge is 0.477 e. The van der Waals surface area contributed by atoms with Crippen LogP contribution >= 0.6 is 0 Å². The molecule has 0 saturated carbocycles. The highest BCUT2D eigenvalue weighted by molar-refractivity contribution is 5.99. The number of carboxylic acid groups (broad SMARTS) is 1. The third kappa shape index (κ3) is 2.61. The highest BCUT2D eigenvalue weighted by Crippen LogP contribution is 2.45. The van der Waals surface area contributed by atoms with Crippen molar-refractivity contribution in [1.82, 2.24) is 10.2 Å². The number of aliphatic carboxylic acids is 1. The molecular formula is C15H21N3O5. The lowest BCUT2D eigenvalue weighted by atomic mass is 9.82. The number of aliphatic hydroxyl groups is 2. The lowest BCUT2D eigenvalue weighted by Gasteiger charge is -2.44. The van der Waals surface area contributed by atoms with Crippen LogP contribution in [0.15, 0.2) is 16.3 Å². The highest BCUT2D eigenvalue weighted by Gasteiger charge is 2.56. The van der Waals surface area contributed by atoms with Gasteiger partial charge in [-0.2, -0.15) is 0 Å². The van der Waals surface area contributed by atoms with Crippen molar-refractivity contribution in [2.45, 2.75) is 44.4 Å². The molecule has 126 valence electrons.